The lowest BCUT2D eigenvalue weighted by atomic mass is 10.2. The molecule has 0 spiro atoms. The Morgan fingerprint density at radius 2 is 1.90 bits per heavy atom. The van der Waals surface area contributed by atoms with Crippen molar-refractivity contribution in [3.63, 3.8) is 0 Å². The molecule has 0 saturated carbocycles. The molecule has 0 bridgehead atoms. The van der Waals surface area contributed by atoms with E-state index in [1.54, 1.807) is 0 Å². The van der Waals surface area contributed by atoms with Crippen molar-refractivity contribution in [2.24, 2.45) is 0 Å². The lowest BCUT2D eigenvalue weighted by Gasteiger charge is -1.93. The Balaban J connectivity index is 2.78. The van der Waals surface area contributed by atoms with Crippen molar-refractivity contribution in [1.82, 2.24) is 0 Å². The Hall–Kier alpha value is -0.320. The van der Waals surface area contributed by atoms with E-state index < -0.39 is 0 Å². The third kappa shape index (κ3) is 2.13. The van der Waals surface area contributed by atoms with Crippen LogP contribution in [0.25, 0.3) is 0 Å². The van der Waals surface area contributed by atoms with Crippen LogP contribution in [0.3, 0.4) is 0 Å². The molecule has 0 aliphatic rings. The normalized spacial score (nSPS) is 9.30. The highest BCUT2D eigenvalue weighted by atomic mass is 35.5. The molecular formula is C8H8ClP. The minimum absolute atomic E-state index is 0.790. The van der Waals surface area contributed by atoms with Gasteiger partial charge in [0.2, 0.25) is 0 Å². The van der Waals surface area contributed by atoms with Crippen LogP contribution in [0.5, 0.6) is 0 Å². The fourth-order valence-electron chi connectivity index (χ4n) is 0.738. The highest BCUT2D eigenvalue weighted by Gasteiger charge is 1.87. The second kappa shape index (κ2) is 3.75. The molecule has 0 aliphatic carbocycles. The molecule has 0 nitrogen and oxygen atoms in total. The predicted molar refractivity (Wildman–Crippen MR) is 49.5 cm³/mol. The van der Waals surface area contributed by atoms with Crippen LogP contribution >= 0.6 is 20.5 Å². The van der Waals surface area contributed by atoms with E-state index in [-0.39, 0.29) is 0 Å². The Kier molecular flexibility index (Phi) is 2.92. The predicted octanol–water partition coefficient (Wildman–Crippen LogP) is 2.83. The van der Waals surface area contributed by atoms with Gasteiger partial charge in [-0.3, -0.25) is 0 Å². The van der Waals surface area contributed by atoms with E-state index in [0.29, 0.717) is 0 Å². The second-order valence-electron chi connectivity index (χ2n) is 2.03. The third-order valence-electron chi connectivity index (χ3n) is 1.25. The Labute approximate surface area is 68.1 Å². The van der Waals surface area contributed by atoms with Gasteiger partial charge in [0.25, 0.3) is 0 Å². The second-order valence-corrected chi connectivity index (χ2v) is 2.88. The first-order valence-corrected chi connectivity index (χ1v) is 4.02. The molecule has 10 heavy (non-hydrogen) atoms. The van der Waals surface area contributed by atoms with E-state index in [9.17, 15) is 0 Å². The summed E-state index contributed by atoms with van der Waals surface area (Å²) >= 11 is 5.69. The average Bonchev–Trinajstić information content (AvgIpc) is 1.95. The van der Waals surface area contributed by atoms with Gasteiger partial charge in [-0.2, -0.15) is 0 Å². The van der Waals surface area contributed by atoms with Crippen LogP contribution < -0.4 is 0 Å². The zero-order chi connectivity index (χ0) is 7.40. The van der Waals surface area contributed by atoms with Crippen molar-refractivity contribution in [3.05, 3.63) is 34.9 Å². The number of hydrogen-bond donors (Lipinski definition) is 0. The SMILES string of the molecule is P=CCc1ccc(Cl)cc1. The van der Waals surface area contributed by atoms with Crippen molar-refractivity contribution in [2.45, 2.75) is 6.42 Å². The Bertz CT molecular complexity index is 215. The molecular weight excluding hydrogens is 163 g/mol. The maximum atomic E-state index is 5.69. The maximum Gasteiger partial charge on any atom is 0.0406 e. The van der Waals surface area contributed by atoms with Gasteiger partial charge in [-0.1, -0.05) is 29.5 Å². The molecule has 0 unspecified atom stereocenters. The number of benzene rings is 1. The summed E-state index contributed by atoms with van der Waals surface area (Å²) in [7, 11) is 3.29. The third-order valence-corrected chi connectivity index (χ3v) is 1.71. The zero-order valence-corrected chi connectivity index (χ0v) is 7.23. The fourth-order valence-corrected chi connectivity index (χ4v) is 1.10. The Morgan fingerprint density at radius 3 is 2.40 bits per heavy atom. The first kappa shape index (κ1) is 7.78. The zero-order valence-electron chi connectivity index (χ0n) is 5.47. The molecule has 0 radical (unpaired) electrons. The summed E-state index contributed by atoms with van der Waals surface area (Å²) in [4.78, 5) is 0. The minimum atomic E-state index is 0.790. The largest absolute Gasteiger partial charge is 0.126 e. The van der Waals surface area contributed by atoms with Crippen LogP contribution in [0.4, 0.5) is 0 Å². The molecule has 52 valence electrons. The van der Waals surface area contributed by atoms with E-state index in [2.05, 4.69) is 8.86 Å². The summed E-state index contributed by atoms with van der Waals surface area (Å²) in [5.74, 6) is 1.93. The van der Waals surface area contributed by atoms with Gasteiger partial charge >= 0.3 is 0 Å². The van der Waals surface area contributed by atoms with Crippen molar-refractivity contribution in [3.8, 4) is 0 Å². The summed E-state index contributed by atoms with van der Waals surface area (Å²) in [5, 5.41) is 0.790. The highest BCUT2D eigenvalue weighted by Crippen LogP contribution is 2.09. The van der Waals surface area contributed by atoms with Crippen LogP contribution in [0.15, 0.2) is 24.3 Å². The van der Waals surface area contributed by atoms with Gasteiger partial charge in [-0.25, -0.2) is 0 Å². The maximum absolute atomic E-state index is 5.69. The summed E-state index contributed by atoms with van der Waals surface area (Å²) < 4.78 is 0. The molecule has 0 fully saturated rings. The molecule has 1 rings (SSSR count). The minimum Gasteiger partial charge on any atom is -0.126 e. The molecule has 0 amide bonds. The standard InChI is InChI=1S/C8H8ClP/c9-8-3-1-7(2-4-8)5-6-10/h1-4,6,10H,5H2. The number of rotatable bonds is 2. The van der Waals surface area contributed by atoms with Gasteiger partial charge in [-0.05, 0) is 24.1 Å². The van der Waals surface area contributed by atoms with Crippen LogP contribution in [-0.2, 0) is 6.42 Å². The highest BCUT2D eigenvalue weighted by molar-refractivity contribution is 7.18. The summed E-state index contributed by atoms with van der Waals surface area (Å²) in [6.45, 7) is 0. The van der Waals surface area contributed by atoms with Gasteiger partial charge in [0, 0.05) is 5.02 Å². The van der Waals surface area contributed by atoms with Gasteiger partial charge in [0.1, 0.15) is 0 Å². The summed E-state index contributed by atoms with van der Waals surface area (Å²) in [5.41, 5.74) is 1.26. The molecule has 0 aromatic heterocycles. The molecule has 0 atom stereocenters. The number of hydrogen-bond acceptors (Lipinski definition) is 0. The van der Waals surface area contributed by atoms with E-state index in [1.165, 1.54) is 5.56 Å². The first-order valence-electron chi connectivity index (χ1n) is 3.06. The molecule has 0 heterocycles. The van der Waals surface area contributed by atoms with E-state index in [4.69, 9.17) is 11.6 Å². The topological polar surface area (TPSA) is 0 Å². The van der Waals surface area contributed by atoms with Gasteiger partial charge in [0.05, 0.1) is 0 Å². The molecule has 2 heteroatoms. The first-order chi connectivity index (χ1) is 4.83. The van der Waals surface area contributed by atoms with Crippen LogP contribution in [0.1, 0.15) is 5.56 Å². The van der Waals surface area contributed by atoms with Crippen LogP contribution in [0.2, 0.25) is 5.02 Å². The lowest BCUT2D eigenvalue weighted by Crippen LogP contribution is -1.81. The molecule has 0 aliphatic heterocycles. The average molecular weight is 171 g/mol. The quantitative estimate of drug-likeness (QED) is 0.599. The smallest absolute Gasteiger partial charge is 0.0406 e. The summed E-state index contributed by atoms with van der Waals surface area (Å²) in [6.07, 6.45) is 0.939. The van der Waals surface area contributed by atoms with Crippen molar-refractivity contribution >= 4 is 26.3 Å². The molecule has 1 aromatic carbocycles. The number of halogens is 1. The molecule has 0 saturated heterocycles. The lowest BCUT2D eigenvalue weighted by molar-refractivity contribution is 1.38. The van der Waals surface area contributed by atoms with Crippen molar-refractivity contribution < 1.29 is 0 Å². The van der Waals surface area contributed by atoms with E-state index in [1.807, 2.05) is 30.1 Å². The van der Waals surface area contributed by atoms with Gasteiger partial charge < -0.3 is 0 Å². The van der Waals surface area contributed by atoms with E-state index in [0.717, 1.165) is 11.4 Å². The molecule has 0 N–H and O–H groups in total. The van der Waals surface area contributed by atoms with Crippen LogP contribution in [-0.4, -0.2) is 5.80 Å². The molecule has 1 aromatic rings. The van der Waals surface area contributed by atoms with E-state index >= 15 is 0 Å². The van der Waals surface area contributed by atoms with Gasteiger partial charge in [0.15, 0.2) is 0 Å². The summed E-state index contributed by atoms with van der Waals surface area (Å²) in [6, 6.07) is 7.82. The Morgan fingerprint density at radius 1 is 1.30 bits per heavy atom. The van der Waals surface area contributed by atoms with Crippen molar-refractivity contribution in [2.75, 3.05) is 0 Å². The van der Waals surface area contributed by atoms with Crippen molar-refractivity contribution in [1.29, 1.82) is 0 Å². The van der Waals surface area contributed by atoms with Gasteiger partial charge in [-0.15, -0.1) is 8.86 Å². The fraction of sp³-hybridized carbons (Fsp3) is 0.125. The monoisotopic (exact) mass is 170 g/mol. The van der Waals surface area contributed by atoms with Crippen LogP contribution in [0, 0.1) is 0 Å².